The van der Waals surface area contributed by atoms with Gasteiger partial charge < -0.3 is 0 Å². The number of nitrogens with two attached hydrogens (primary N) is 1. The zero-order valence-electron chi connectivity index (χ0n) is 9.33. The molecule has 1 atom stereocenters. The Morgan fingerprint density at radius 3 is 2.67 bits per heavy atom. The predicted molar refractivity (Wildman–Crippen MR) is 74.7 cm³/mol. The van der Waals surface area contributed by atoms with Crippen LogP contribution in [0.15, 0.2) is 46.9 Å². The Morgan fingerprint density at radius 1 is 1.22 bits per heavy atom. The molecule has 94 valence electrons. The van der Waals surface area contributed by atoms with Crippen LogP contribution in [-0.2, 0) is 0 Å². The van der Waals surface area contributed by atoms with Crippen molar-refractivity contribution >= 4 is 27.5 Å². The molecule has 2 aromatic rings. The highest BCUT2D eigenvalue weighted by Gasteiger charge is 2.16. The highest BCUT2D eigenvalue weighted by atomic mass is 79.9. The summed E-state index contributed by atoms with van der Waals surface area (Å²) in [5, 5.41) is 0.611. The third kappa shape index (κ3) is 2.90. The number of rotatable bonds is 3. The van der Waals surface area contributed by atoms with Gasteiger partial charge in [-0.3, -0.25) is 5.84 Å². The standard InChI is InChI=1S/C13H11BrClFN2/c14-12-5-4-10(16)7-11(12)13(18-17)8-2-1-3-9(15)6-8/h1-7,13,18H,17H2. The first-order chi connectivity index (χ1) is 8.61. The summed E-state index contributed by atoms with van der Waals surface area (Å²) in [4.78, 5) is 0. The number of hydrogen-bond donors (Lipinski definition) is 2. The summed E-state index contributed by atoms with van der Waals surface area (Å²) in [6.07, 6.45) is 0. The minimum atomic E-state index is -0.325. The van der Waals surface area contributed by atoms with Gasteiger partial charge in [0, 0.05) is 9.50 Å². The molecular weight excluding hydrogens is 319 g/mol. The van der Waals surface area contributed by atoms with E-state index in [4.69, 9.17) is 17.4 Å². The van der Waals surface area contributed by atoms with E-state index < -0.39 is 0 Å². The lowest BCUT2D eigenvalue weighted by Gasteiger charge is -2.18. The zero-order chi connectivity index (χ0) is 13.1. The molecule has 2 aromatic carbocycles. The molecule has 5 heteroatoms. The van der Waals surface area contributed by atoms with Crippen molar-refractivity contribution < 1.29 is 4.39 Å². The van der Waals surface area contributed by atoms with Crippen LogP contribution in [0.3, 0.4) is 0 Å². The van der Waals surface area contributed by atoms with Gasteiger partial charge in [-0.05, 0) is 41.5 Å². The number of benzene rings is 2. The maximum Gasteiger partial charge on any atom is 0.123 e. The van der Waals surface area contributed by atoms with Crippen molar-refractivity contribution in [2.75, 3.05) is 0 Å². The summed E-state index contributed by atoms with van der Waals surface area (Å²) in [6, 6.07) is 11.4. The molecule has 0 spiro atoms. The van der Waals surface area contributed by atoms with Crippen molar-refractivity contribution in [1.82, 2.24) is 5.43 Å². The first-order valence-corrected chi connectivity index (χ1v) is 6.45. The van der Waals surface area contributed by atoms with E-state index in [1.807, 2.05) is 12.1 Å². The molecule has 0 bridgehead atoms. The first kappa shape index (κ1) is 13.5. The van der Waals surface area contributed by atoms with E-state index in [0.29, 0.717) is 5.02 Å². The Morgan fingerprint density at radius 2 is 2.00 bits per heavy atom. The SMILES string of the molecule is NNC(c1cccc(Cl)c1)c1cc(F)ccc1Br. The molecule has 0 radical (unpaired) electrons. The van der Waals surface area contributed by atoms with Crippen molar-refractivity contribution in [2.45, 2.75) is 6.04 Å². The third-order valence-electron chi connectivity index (χ3n) is 2.62. The van der Waals surface area contributed by atoms with E-state index in [2.05, 4.69) is 21.4 Å². The average molecular weight is 330 g/mol. The Balaban J connectivity index is 2.48. The van der Waals surface area contributed by atoms with Crippen LogP contribution in [0.1, 0.15) is 17.2 Å². The van der Waals surface area contributed by atoms with E-state index in [9.17, 15) is 4.39 Å². The molecule has 2 nitrogen and oxygen atoms in total. The molecule has 3 N–H and O–H groups in total. The van der Waals surface area contributed by atoms with Gasteiger partial charge in [-0.15, -0.1) is 0 Å². The summed E-state index contributed by atoms with van der Waals surface area (Å²) >= 11 is 9.34. The molecule has 0 heterocycles. The molecule has 0 aliphatic rings. The van der Waals surface area contributed by atoms with Crippen LogP contribution in [-0.4, -0.2) is 0 Å². The molecule has 1 unspecified atom stereocenters. The monoisotopic (exact) mass is 328 g/mol. The fourth-order valence-electron chi connectivity index (χ4n) is 1.79. The minimum absolute atomic E-state index is 0.310. The van der Waals surface area contributed by atoms with Gasteiger partial charge in [0.15, 0.2) is 0 Å². The quantitative estimate of drug-likeness (QED) is 0.664. The lowest BCUT2D eigenvalue weighted by Crippen LogP contribution is -2.29. The van der Waals surface area contributed by atoms with Gasteiger partial charge in [0.25, 0.3) is 0 Å². The van der Waals surface area contributed by atoms with Crippen molar-refractivity contribution in [3.63, 3.8) is 0 Å². The van der Waals surface area contributed by atoms with Crippen molar-refractivity contribution in [3.05, 3.63) is 68.9 Å². The fraction of sp³-hybridized carbons (Fsp3) is 0.0769. The van der Waals surface area contributed by atoms with E-state index in [1.54, 1.807) is 18.2 Å². The Labute approximate surface area is 118 Å². The lowest BCUT2D eigenvalue weighted by atomic mass is 9.99. The van der Waals surface area contributed by atoms with Crippen LogP contribution >= 0.6 is 27.5 Å². The van der Waals surface area contributed by atoms with Crippen molar-refractivity contribution in [1.29, 1.82) is 0 Å². The topological polar surface area (TPSA) is 38.0 Å². The van der Waals surface area contributed by atoms with E-state index in [1.165, 1.54) is 12.1 Å². The van der Waals surface area contributed by atoms with Crippen molar-refractivity contribution in [3.8, 4) is 0 Å². The Bertz CT molecular complexity index is 562. The van der Waals surface area contributed by atoms with Gasteiger partial charge in [0.2, 0.25) is 0 Å². The molecule has 0 fully saturated rings. The number of halogens is 3. The average Bonchev–Trinajstić information content (AvgIpc) is 2.35. The summed E-state index contributed by atoms with van der Waals surface area (Å²) in [5.41, 5.74) is 4.27. The molecular formula is C13H11BrClFN2. The number of hydrazine groups is 1. The number of hydrogen-bond acceptors (Lipinski definition) is 2. The maximum atomic E-state index is 13.3. The van der Waals surface area contributed by atoms with E-state index in [-0.39, 0.29) is 11.9 Å². The van der Waals surface area contributed by atoms with Gasteiger partial charge in [-0.25, -0.2) is 9.82 Å². The Kier molecular flexibility index (Phi) is 4.35. The highest BCUT2D eigenvalue weighted by molar-refractivity contribution is 9.10. The summed E-state index contributed by atoms with van der Waals surface area (Å²) in [5.74, 6) is 5.26. The van der Waals surface area contributed by atoms with Crippen LogP contribution in [0.4, 0.5) is 4.39 Å². The molecule has 0 saturated carbocycles. The van der Waals surface area contributed by atoms with E-state index in [0.717, 1.165) is 15.6 Å². The van der Waals surface area contributed by atoms with Crippen LogP contribution in [0.2, 0.25) is 5.02 Å². The van der Waals surface area contributed by atoms with Gasteiger partial charge in [0.1, 0.15) is 5.82 Å². The van der Waals surface area contributed by atoms with Crippen LogP contribution in [0, 0.1) is 5.82 Å². The normalized spacial score (nSPS) is 12.4. The molecule has 2 rings (SSSR count). The molecule has 0 aromatic heterocycles. The zero-order valence-corrected chi connectivity index (χ0v) is 11.7. The second-order valence-corrected chi connectivity index (χ2v) is 5.11. The van der Waals surface area contributed by atoms with Gasteiger partial charge in [-0.1, -0.05) is 39.7 Å². The highest BCUT2D eigenvalue weighted by Crippen LogP contribution is 2.29. The molecule has 18 heavy (non-hydrogen) atoms. The minimum Gasteiger partial charge on any atom is -0.271 e. The Hall–Kier alpha value is -0.940. The van der Waals surface area contributed by atoms with Crippen LogP contribution < -0.4 is 11.3 Å². The van der Waals surface area contributed by atoms with Crippen LogP contribution in [0.25, 0.3) is 0 Å². The third-order valence-corrected chi connectivity index (χ3v) is 3.57. The van der Waals surface area contributed by atoms with Crippen molar-refractivity contribution in [2.24, 2.45) is 5.84 Å². The number of nitrogens with one attached hydrogen (secondary N) is 1. The first-order valence-electron chi connectivity index (χ1n) is 5.28. The van der Waals surface area contributed by atoms with Gasteiger partial charge in [0.05, 0.1) is 6.04 Å². The van der Waals surface area contributed by atoms with Gasteiger partial charge >= 0.3 is 0 Å². The maximum absolute atomic E-state index is 13.3. The summed E-state index contributed by atoms with van der Waals surface area (Å²) in [6.45, 7) is 0. The molecule has 0 amide bonds. The summed E-state index contributed by atoms with van der Waals surface area (Å²) in [7, 11) is 0. The molecule has 0 aliphatic heterocycles. The second kappa shape index (κ2) is 5.80. The second-order valence-electron chi connectivity index (χ2n) is 3.82. The van der Waals surface area contributed by atoms with Gasteiger partial charge in [-0.2, -0.15) is 0 Å². The smallest absolute Gasteiger partial charge is 0.123 e. The largest absolute Gasteiger partial charge is 0.271 e. The predicted octanol–water partition coefficient (Wildman–Crippen LogP) is 3.79. The summed E-state index contributed by atoms with van der Waals surface area (Å²) < 4.78 is 14.1. The lowest BCUT2D eigenvalue weighted by molar-refractivity contribution is 0.603. The fourth-order valence-corrected chi connectivity index (χ4v) is 2.46. The van der Waals surface area contributed by atoms with Crippen LogP contribution in [0.5, 0.6) is 0 Å². The van der Waals surface area contributed by atoms with E-state index >= 15 is 0 Å². The molecule has 0 saturated heterocycles. The molecule has 0 aliphatic carbocycles.